The zero-order chi connectivity index (χ0) is 14.4. The lowest BCUT2D eigenvalue weighted by molar-refractivity contribution is 0.410. The summed E-state index contributed by atoms with van der Waals surface area (Å²) in [6.45, 7) is 0.679. The first-order valence-corrected chi connectivity index (χ1v) is 7.75. The normalized spacial score (nSPS) is 11.7. The van der Waals surface area contributed by atoms with Crippen molar-refractivity contribution in [2.45, 2.75) is 18.7 Å². The Bertz CT molecular complexity index is 623. The van der Waals surface area contributed by atoms with E-state index in [2.05, 4.69) is 19.4 Å². The molecular weight excluding hydrogens is 280 g/mol. The molecule has 0 unspecified atom stereocenters. The second-order valence-electron chi connectivity index (χ2n) is 4.27. The summed E-state index contributed by atoms with van der Waals surface area (Å²) in [6.07, 6.45) is 1.60. The molecule has 0 radical (unpaired) electrons. The molecule has 1 heterocycles. The van der Waals surface area contributed by atoms with E-state index in [1.54, 1.807) is 12.1 Å². The van der Waals surface area contributed by atoms with Gasteiger partial charge in [0.15, 0.2) is 5.82 Å². The van der Waals surface area contributed by atoms with Gasteiger partial charge < -0.3 is 10.3 Å². The van der Waals surface area contributed by atoms with Gasteiger partial charge in [-0.3, -0.25) is 0 Å². The molecule has 2 aromatic rings. The van der Waals surface area contributed by atoms with Gasteiger partial charge in [-0.1, -0.05) is 29.4 Å². The molecule has 3 N–H and O–H groups in total. The Kier molecular flexibility index (Phi) is 4.83. The second-order valence-corrected chi connectivity index (χ2v) is 6.08. The monoisotopic (exact) mass is 296 g/mol. The van der Waals surface area contributed by atoms with Crippen molar-refractivity contribution < 1.29 is 12.9 Å². The van der Waals surface area contributed by atoms with Crippen molar-refractivity contribution >= 4 is 10.0 Å². The van der Waals surface area contributed by atoms with Gasteiger partial charge in [0, 0.05) is 19.5 Å². The Morgan fingerprint density at radius 2 is 1.90 bits per heavy atom. The number of aromatic nitrogens is 2. The minimum atomic E-state index is -3.37. The van der Waals surface area contributed by atoms with Crippen molar-refractivity contribution in [3.05, 3.63) is 47.6 Å². The van der Waals surface area contributed by atoms with Crippen LogP contribution in [0, 0.1) is 0 Å². The van der Waals surface area contributed by atoms with Gasteiger partial charge in [0.1, 0.15) is 0 Å². The highest BCUT2D eigenvalue weighted by Crippen LogP contribution is 2.07. The Morgan fingerprint density at radius 3 is 2.50 bits per heavy atom. The molecule has 8 heteroatoms. The van der Waals surface area contributed by atoms with Gasteiger partial charge >= 0.3 is 0 Å². The first-order chi connectivity index (χ1) is 9.59. The third kappa shape index (κ3) is 4.41. The average molecular weight is 296 g/mol. The van der Waals surface area contributed by atoms with E-state index in [4.69, 9.17) is 5.73 Å². The highest BCUT2D eigenvalue weighted by molar-refractivity contribution is 7.88. The smallest absolute Gasteiger partial charge is 0.215 e. The summed E-state index contributed by atoms with van der Waals surface area (Å²) in [5.74, 6) is 0.407. The van der Waals surface area contributed by atoms with Crippen molar-refractivity contribution in [2.24, 2.45) is 5.73 Å². The summed E-state index contributed by atoms with van der Waals surface area (Å²) in [6, 6.07) is 7.18. The number of nitrogens with two attached hydrogens (primary N) is 1. The van der Waals surface area contributed by atoms with Crippen LogP contribution in [-0.2, 0) is 28.7 Å². The fourth-order valence-electron chi connectivity index (χ4n) is 1.66. The summed E-state index contributed by atoms with van der Waals surface area (Å²) >= 11 is 0. The molecule has 108 valence electrons. The SMILES string of the molecule is NCc1ccc(CS(=O)(=O)NCCc2ncon2)cc1. The number of nitrogens with zero attached hydrogens (tertiary/aromatic N) is 2. The van der Waals surface area contributed by atoms with E-state index >= 15 is 0 Å². The molecule has 0 bridgehead atoms. The van der Waals surface area contributed by atoms with Crippen LogP contribution in [0.3, 0.4) is 0 Å². The summed E-state index contributed by atoms with van der Waals surface area (Å²) in [7, 11) is -3.37. The zero-order valence-corrected chi connectivity index (χ0v) is 11.6. The van der Waals surface area contributed by atoms with Gasteiger partial charge in [0.05, 0.1) is 5.75 Å². The lowest BCUT2D eigenvalue weighted by Gasteiger charge is -2.06. The predicted octanol–water partition coefficient (Wildman–Crippen LogP) is 0.190. The van der Waals surface area contributed by atoms with E-state index in [9.17, 15) is 8.42 Å². The van der Waals surface area contributed by atoms with E-state index in [0.717, 1.165) is 5.56 Å². The molecule has 0 aliphatic rings. The molecule has 0 atom stereocenters. The Labute approximate surface area is 117 Å². The summed E-state index contributed by atoms with van der Waals surface area (Å²) < 4.78 is 30.8. The molecule has 0 saturated carbocycles. The van der Waals surface area contributed by atoms with Crippen LogP contribution in [-0.4, -0.2) is 25.1 Å². The Balaban J connectivity index is 1.86. The molecule has 7 nitrogen and oxygen atoms in total. The highest BCUT2D eigenvalue weighted by atomic mass is 32.2. The van der Waals surface area contributed by atoms with E-state index in [1.807, 2.05) is 12.1 Å². The van der Waals surface area contributed by atoms with E-state index < -0.39 is 10.0 Å². The van der Waals surface area contributed by atoms with E-state index in [1.165, 1.54) is 6.39 Å². The maximum absolute atomic E-state index is 11.9. The topological polar surface area (TPSA) is 111 Å². The molecule has 0 fully saturated rings. The largest absolute Gasteiger partial charge is 0.343 e. The number of nitrogens with one attached hydrogen (secondary N) is 1. The lowest BCUT2D eigenvalue weighted by Crippen LogP contribution is -2.27. The number of hydrogen-bond acceptors (Lipinski definition) is 6. The van der Waals surface area contributed by atoms with Crippen LogP contribution in [0.25, 0.3) is 0 Å². The van der Waals surface area contributed by atoms with Gasteiger partial charge in [-0.15, -0.1) is 0 Å². The predicted molar refractivity (Wildman–Crippen MR) is 73.0 cm³/mol. The first-order valence-electron chi connectivity index (χ1n) is 6.09. The number of benzene rings is 1. The van der Waals surface area contributed by atoms with Crippen molar-refractivity contribution in [2.75, 3.05) is 6.54 Å². The number of hydrogen-bond donors (Lipinski definition) is 2. The van der Waals surface area contributed by atoms with Crippen molar-refractivity contribution in [3.8, 4) is 0 Å². The zero-order valence-electron chi connectivity index (χ0n) is 10.8. The van der Waals surface area contributed by atoms with Crippen LogP contribution in [0.4, 0.5) is 0 Å². The summed E-state index contributed by atoms with van der Waals surface area (Å²) in [5.41, 5.74) is 7.17. The summed E-state index contributed by atoms with van der Waals surface area (Å²) in [5, 5.41) is 3.61. The van der Waals surface area contributed by atoms with Gasteiger partial charge in [0.2, 0.25) is 16.4 Å². The van der Waals surface area contributed by atoms with Crippen LogP contribution in [0.2, 0.25) is 0 Å². The van der Waals surface area contributed by atoms with Crippen molar-refractivity contribution in [1.29, 1.82) is 0 Å². The minimum absolute atomic E-state index is 0.0654. The van der Waals surface area contributed by atoms with Crippen LogP contribution in [0.15, 0.2) is 35.2 Å². The van der Waals surface area contributed by atoms with Gasteiger partial charge in [-0.05, 0) is 11.1 Å². The van der Waals surface area contributed by atoms with Crippen LogP contribution in [0.5, 0.6) is 0 Å². The minimum Gasteiger partial charge on any atom is -0.343 e. The molecule has 0 aliphatic heterocycles. The second kappa shape index (κ2) is 6.60. The fourth-order valence-corrected chi connectivity index (χ4v) is 2.81. The Morgan fingerprint density at radius 1 is 1.20 bits per heavy atom. The fraction of sp³-hybridized carbons (Fsp3) is 0.333. The van der Waals surface area contributed by atoms with Crippen LogP contribution < -0.4 is 10.5 Å². The maximum atomic E-state index is 11.9. The summed E-state index contributed by atoms with van der Waals surface area (Å²) in [4.78, 5) is 3.81. The van der Waals surface area contributed by atoms with Gasteiger partial charge in [0.25, 0.3) is 0 Å². The third-order valence-electron chi connectivity index (χ3n) is 2.69. The molecule has 0 saturated heterocycles. The van der Waals surface area contributed by atoms with E-state index in [0.29, 0.717) is 24.4 Å². The maximum Gasteiger partial charge on any atom is 0.215 e. The molecule has 0 spiro atoms. The quantitative estimate of drug-likeness (QED) is 0.754. The molecule has 1 aromatic heterocycles. The molecule has 2 rings (SSSR count). The number of rotatable bonds is 7. The third-order valence-corrected chi connectivity index (χ3v) is 4.05. The van der Waals surface area contributed by atoms with E-state index in [-0.39, 0.29) is 12.3 Å². The van der Waals surface area contributed by atoms with Crippen LogP contribution >= 0.6 is 0 Å². The average Bonchev–Trinajstić information content (AvgIpc) is 2.92. The first kappa shape index (κ1) is 14.6. The van der Waals surface area contributed by atoms with Crippen molar-refractivity contribution in [1.82, 2.24) is 14.9 Å². The standard InChI is InChI=1S/C12H16N4O3S/c13-7-10-1-3-11(4-2-10)8-20(17,18)15-6-5-12-14-9-19-16-12/h1-4,9,15H,5-8,13H2. The van der Waals surface area contributed by atoms with Gasteiger partial charge in [-0.25, -0.2) is 13.1 Å². The molecule has 0 amide bonds. The Hall–Kier alpha value is -1.77. The molecular formula is C12H16N4O3S. The van der Waals surface area contributed by atoms with Crippen LogP contribution in [0.1, 0.15) is 17.0 Å². The number of sulfonamides is 1. The molecule has 0 aliphatic carbocycles. The lowest BCUT2D eigenvalue weighted by atomic mass is 10.1. The molecule has 1 aromatic carbocycles. The highest BCUT2D eigenvalue weighted by Gasteiger charge is 2.11. The van der Waals surface area contributed by atoms with Crippen molar-refractivity contribution in [3.63, 3.8) is 0 Å². The van der Waals surface area contributed by atoms with Gasteiger partial charge in [-0.2, -0.15) is 4.98 Å². The molecule has 20 heavy (non-hydrogen) atoms.